The van der Waals surface area contributed by atoms with E-state index < -0.39 is 5.82 Å². The Morgan fingerprint density at radius 3 is 2.82 bits per heavy atom. The van der Waals surface area contributed by atoms with Crippen LogP contribution in [0.5, 0.6) is 0 Å². The van der Waals surface area contributed by atoms with Gasteiger partial charge in [0.05, 0.1) is 6.20 Å². The molecule has 0 radical (unpaired) electrons. The van der Waals surface area contributed by atoms with Crippen LogP contribution in [-0.2, 0) is 0 Å². The zero-order valence-electron chi connectivity index (χ0n) is 9.37. The standard InChI is InChI=1S/C11H14ClFN4/c12-11-14-5-8(13)10(16-11)15-9-6-17-3-1-7(9)2-4-17/h5,7,9H,1-4,6H2,(H,14,15,16). The maximum atomic E-state index is 13.5. The van der Waals surface area contributed by atoms with Crippen molar-refractivity contribution in [3.63, 3.8) is 0 Å². The van der Waals surface area contributed by atoms with Crippen LogP contribution in [0.2, 0.25) is 5.28 Å². The molecule has 1 N–H and O–H groups in total. The summed E-state index contributed by atoms with van der Waals surface area (Å²) in [6.45, 7) is 3.29. The monoisotopic (exact) mass is 256 g/mol. The van der Waals surface area contributed by atoms with Gasteiger partial charge in [0, 0.05) is 12.6 Å². The van der Waals surface area contributed by atoms with Crippen molar-refractivity contribution in [2.24, 2.45) is 5.92 Å². The Morgan fingerprint density at radius 2 is 2.18 bits per heavy atom. The summed E-state index contributed by atoms with van der Waals surface area (Å²) in [4.78, 5) is 9.91. The van der Waals surface area contributed by atoms with Gasteiger partial charge in [0.2, 0.25) is 5.28 Å². The fraction of sp³-hybridized carbons (Fsp3) is 0.636. The highest BCUT2D eigenvalue weighted by molar-refractivity contribution is 6.28. The van der Waals surface area contributed by atoms with E-state index in [-0.39, 0.29) is 17.1 Å². The molecule has 0 aromatic carbocycles. The van der Waals surface area contributed by atoms with Gasteiger partial charge in [-0.3, -0.25) is 0 Å². The summed E-state index contributed by atoms with van der Waals surface area (Å²) >= 11 is 5.67. The molecule has 3 saturated heterocycles. The number of hydrogen-bond donors (Lipinski definition) is 1. The van der Waals surface area contributed by atoms with Crippen molar-refractivity contribution < 1.29 is 4.39 Å². The molecule has 2 bridgehead atoms. The second-order valence-electron chi connectivity index (χ2n) is 4.72. The van der Waals surface area contributed by atoms with Crippen LogP contribution >= 0.6 is 11.6 Å². The first-order chi connectivity index (χ1) is 8.22. The molecule has 1 aromatic heterocycles. The van der Waals surface area contributed by atoms with E-state index in [1.807, 2.05) is 0 Å². The van der Waals surface area contributed by atoms with Crippen LogP contribution < -0.4 is 5.32 Å². The van der Waals surface area contributed by atoms with E-state index in [0.717, 1.165) is 25.8 Å². The highest BCUT2D eigenvalue weighted by atomic mass is 35.5. The molecule has 3 fully saturated rings. The first-order valence-corrected chi connectivity index (χ1v) is 6.27. The van der Waals surface area contributed by atoms with Crippen LogP contribution in [0.15, 0.2) is 6.20 Å². The fourth-order valence-corrected chi connectivity index (χ4v) is 2.88. The Kier molecular flexibility index (Phi) is 2.88. The fourth-order valence-electron chi connectivity index (χ4n) is 2.75. The Labute approximate surface area is 104 Å². The Balaban J connectivity index is 1.76. The molecular formula is C11H14ClFN4. The number of hydrogen-bond acceptors (Lipinski definition) is 4. The van der Waals surface area contributed by atoms with Gasteiger partial charge in [-0.05, 0) is 43.5 Å². The molecule has 0 spiro atoms. The van der Waals surface area contributed by atoms with E-state index in [1.54, 1.807) is 0 Å². The molecule has 1 atom stereocenters. The molecule has 6 heteroatoms. The van der Waals surface area contributed by atoms with Gasteiger partial charge in [-0.1, -0.05) is 0 Å². The highest BCUT2D eigenvalue weighted by Gasteiger charge is 2.34. The summed E-state index contributed by atoms with van der Waals surface area (Å²) in [5.41, 5.74) is 0. The number of anilines is 1. The molecule has 1 unspecified atom stereocenters. The molecule has 3 aliphatic rings. The van der Waals surface area contributed by atoms with Crippen molar-refractivity contribution >= 4 is 17.4 Å². The Bertz CT molecular complexity index is 420. The van der Waals surface area contributed by atoms with Gasteiger partial charge < -0.3 is 10.2 Å². The number of piperidine rings is 3. The zero-order valence-corrected chi connectivity index (χ0v) is 10.1. The van der Waals surface area contributed by atoms with Gasteiger partial charge in [-0.15, -0.1) is 0 Å². The third-order valence-corrected chi connectivity index (χ3v) is 3.88. The van der Waals surface area contributed by atoms with E-state index in [2.05, 4.69) is 20.2 Å². The van der Waals surface area contributed by atoms with Crippen LogP contribution in [-0.4, -0.2) is 40.5 Å². The summed E-state index contributed by atoms with van der Waals surface area (Å²) in [6.07, 6.45) is 3.47. The van der Waals surface area contributed by atoms with Gasteiger partial charge >= 0.3 is 0 Å². The number of halogens is 2. The lowest BCUT2D eigenvalue weighted by atomic mass is 9.84. The minimum atomic E-state index is -0.439. The molecule has 0 amide bonds. The second-order valence-corrected chi connectivity index (χ2v) is 5.06. The largest absolute Gasteiger partial charge is 0.363 e. The van der Waals surface area contributed by atoms with Crippen molar-refractivity contribution in [2.75, 3.05) is 25.0 Å². The predicted octanol–water partition coefficient (Wildman–Crippen LogP) is 1.78. The topological polar surface area (TPSA) is 41.1 Å². The number of aromatic nitrogens is 2. The number of rotatable bonds is 2. The van der Waals surface area contributed by atoms with Crippen LogP contribution in [0.25, 0.3) is 0 Å². The second kappa shape index (κ2) is 4.38. The minimum Gasteiger partial charge on any atom is -0.363 e. The Hall–Kier alpha value is -0.940. The molecule has 17 heavy (non-hydrogen) atoms. The maximum absolute atomic E-state index is 13.5. The van der Waals surface area contributed by atoms with E-state index in [9.17, 15) is 4.39 Å². The smallest absolute Gasteiger partial charge is 0.224 e. The van der Waals surface area contributed by atoms with Gasteiger partial charge in [-0.2, -0.15) is 4.98 Å². The van der Waals surface area contributed by atoms with Gasteiger partial charge in [0.1, 0.15) is 0 Å². The molecular weight excluding hydrogens is 243 g/mol. The average molecular weight is 257 g/mol. The van der Waals surface area contributed by atoms with E-state index in [0.29, 0.717) is 5.92 Å². The summed E-state index contributed by atoms with van der Waals surface area (Å²) in [6, 6.07) is 0.276. The van der Waals surface area contributed by atoms with Crippen molar-refractivity contribution in [1.29, 1.82) is 0 Å². The van der Waals surface area contributed by atoms with Crippen molar-refractivity contribution in [1.82, 2.24) is 14.9 Å². The number of nitrogens with zero attached hydrogens (tertiary/aromatic N) is 3. The lowest BCUT2D eigenvalue weighted by molar-refractivity contribution is 0.0972. The molecule has 0 saturated carbocycles. The lowest BCUT2D eigenvalue weighted by Gasteiger charge is -2.45. The molecule has 3 aliphatic heterocycles. The molecule has 4 rings (SSSR count). The average Bonchev–Trinajstić information content (AvgIpc) is 2.35. The predicted molar refractivity (Wildman–Crippen MR) is 63.6 cm³/mol. The molecule has 0 aliphatic carbocycles. The molecule has 92 valence electrons. The lowest BCUT2D eigenvalue weighted by Crippen LogP contribution is -2.53. The SMILES string of the molecule is Fc1cnc(Cl)nc1NC1CN2CCC1CC2. The van der Waals surface area contributed by atoms with Gasteiger partial charge in [-0.25, -0.2) is 9.37 Å². The molecule has 1 aromatic rings. The van der Waals surface area contributed by atoms with Crippen molar-refractivity contribution in [3.8, 4) is 0 Å². The minimum absolute atomic E-state index is 0.0789. The third-order valence-electron chi connectivity index (χ3n) is 3.69. The first-order valence-electron chi connectivity index (χ1n) is 5.89. The van der Waals surface area contributed by atoms with Crippen LogP contribution in [0, 0.1) is 11.7 Å². The van der Waals surface area contributed by atoms with Crippen LogP contribution in [0.4, 0.5) is 10.2 Å². The number of fused-ring (bicyclic) bond motifs is 3. The van der Waals surface area contributed by atoms with E-state index in [1.165, 1.54) is 12.8 Å². The quantitative estimate of drug-likeness (QED) is 0.819. The zero-order chi connectivity index (χ0) is 11.8. The molecule has 4 nitrogen and oxygen atoms in total. The number of nitrogens with one attached hydrogen (secondary N) is 1. The van der Waals surface area contributed by atoms with Crippen molar-refractivity contribution in [2.45, 2.75) is 18.9 Å². The first kappa shape index (κ1) is 11.2. The van der Waals surface area contributed by atoms with Crippen LogP contribution in [0.3, 0.4) is 0 Å². The van der Waals surface area contributed by atoms with Gasteiger partial charge in [0.15, 0.2) is 11.6 Å². The van der Waals surface area contributed by atoms with Crippen molar-refractivity contribution in [3.05, 3.63) is 17.3 Å². The normalized spacial score (nSPS) is 31.5. The van der Waals surface area contributed by atoms with Crippen LogP contribution in [0.1, 0.15) is 12.8 Å². The highest BCUT2D eigenvalue weighted by Crippen LogP contribution is 2.29. The molecule has 4 heterocycles. The van der Waals surface area contributed by atoms with E-state index >= 15 is 0 Å². The summed E-state index contributed by atoms with van der Waals surface area (Å²) in [5, 5.41) is 3.25. The van der Waals surface area contributed by atoms with E-state index in [4.69, 9.17) is 11.6 Å². The maximum Gasteiger partial charge on any atom is 0.224 e. The van der Waals surface area contributed by atoms with Gasteiger partial charge in [0.25, 0.3) is 0 Å². The Morgan fingerprint density at radius 1 is 1.41 bits per heavy atom. The third kappa shape index (κ3) is 2.21. The summed E-state index contributed by atoms with van der Waals surface area (Å²) in [7, 11) is 0. The summed E-state index contributed by atoms with van der Waals surface area (Å²) < 4.78 is 13.5. The summed E-state index contributed by atoms with van der Waals surface area (Å²) in [5.74, 6) is 0.405.